The molecule has 82 valence electrons. The van der Waals surface area contributed by atoms with Crippen LogP contribution in [0.4, 0.5) is 5.69 Å². The molecule has 0 heterocycles. The van der Waals surface area contributed by atoms with Crippen LogP contribution in [0, 0.1) is 0 Å². The Balaban J connectivity index is 1.93. The van der Waals surface area contributed by atoms with E-state index in [9.17, 15) is 0 Å². The predicted molar refractivity (Wildman–Crippen MR) is 62.9 cm³/mol. The summed E-state index contributed by atoms with van der Waals surface area (Å²) in [5.41, 5.74) is 1.16. The molecule has 0 aliphatic rings. The number of hydrogen-bond donors (Lipinski definition) is 1. The molecule has 15 heavy (non-hydrogen) atoms. The van der Waals surface area contributed by atoms with Crippen molar-refractivity contribution >= 4 is 15.7 Å². The fourth-order valence-electron chi connectivity index (χ4n) is 1.08. The lowest BCUT2D eigenvalue weighted by Gasteiger charge is -2.05. The average molecular weight is 223 g/mol. The maximum atomic E-state index is 5.28. The predicted octanol–water partition coefficient (Wildman–Crippen LogP) is 2.08. The van der Waals surface area contributed by atoms with Crippen LogP contribution in [0.1, 0.15) is 13.3 Å². The molecule has 0 saturated heterocycles. The Morgan fingerprint density at radius 2 is 2.00 bits per heavy atom. The summed E-state index contributed by atoms with van der Waals surface area (Å²) < 4.78 is 10.4. The smallest absolute Gasteiger partial charge is 0.393 e. The van der Waals surface area contributed by atoms with Crippen LogP contribution in [-0.2, 0) is 8.85 Å². The van der Waals surface area contributed by atoms with Gasteiger partial charge in [0.15, 0.2) is 0 Å². The van der Waals surface area contributed by atoms with Gasteiger partial charge in [-0.1, -0.05) is 18.2 Å². The van der Waals surface area contributed by atoms with Crippen LogP contribution < -0.4 is 5.32 Å². The number of nitrogens with one attached hydrogen (secondary N) is 1. The lowest BCUT2D eigenvalue weighted by molar-refractivity contribution is 0.230. The number of hydrogen-bond acceptors (Lipinski definition) is 3. The molecule has 0 fully saturated rings. The van der Waals surface area contributed by atoms with E-state index >= 15 is 0 Å². The van der Waals surface area contributed by atoms with Gasteiger partial charge < -0.3 is 14.2 Å². The lowest BCUT2D eigenvalue weighted by Crippen LogP contribution is -2.09. The highest BCUT2D eigenvalue weighted by molar-refractivity contribution is 6.17. The zero-order valence-corrected chi connectivity index (χ0v) is 10.0. The summed E-state index contributed by atoms with van der Waals surface area (Å²) in [4.78, 5) is 0. The Morgan fingerprint density at radius 3 is 2.73 bits per heavy atom. The molecule has 0 aliphatic heterocycles. The van der Waals surface area contributed by atoms with Crippen LogP contribution in [0.25, 0.3) is 0 Å². The minimum atomic E-state index is 0.182. The normalized spacial score (nSPS) is 10.2. The van der Waals surface area contributed by atoms with Gasteiger partial charge in [0.1, 0.15) is 0 Å². The molecule has 0 bridgehead atoms. The standard InChI is InChI=1S/C11H17NO2Si/c1-2-13-15-14-10-6-9-12-11-7-4-3-5-8-11/h3-5,7-8,12H,2,6,9-10H2,1H3. The molecule has 1 aromatic carbocycles. The van der Waals surface area contributed by atoms with Crippen molar-refractivity contribution in [2.45, 2.75) is 13.3 Å². The highest BCUT2D eigenvalue weighted by Crippen LogP contribution is 2.04. The third-order valence-electron chi connectivity index (χ3n) is 1.79. The van der Waals surface area contributed by atoms with Gasteiger partial charge in [-0.25, -0.2) is 0 Å². The molecular weight excluding hydrogens is 206 g/mol. The van der Waals surface area contributed by atoms with Gasteiger partial charge in [0.25, 0.3) is 0 Å². The van der Waals surface area contributed by atoms with E-state index in [0.29, 0.717) is 0 Å². The summed E-state index contributed by atoms with van der Waals surface area (Å²) >= 11 is 0. The van der Waals surface area contributed by atoms with Gasteiger partial charge >= 0.3 is 10.0 Å². The second kappa shape index (κ2) is 8.46. The van der Waals surface area contributed by atoms with Gasteiger partial charge in [-0.3, -0.25) is 0 Å². The van der Waals surface area contributed by atoms with Crippen LogP contribution in [0.3, 0.4) is 0 Å². The molecule has 0 atom stereocenters. The molecule has 1 N–H and O–H groups in total. The van der Waals surface area contributed by atoms with Gasteiger partial charge in [0.2, 0.25) is 0 Å². The zero-order valence-electron chi connectivity index (χ0n) is 9.03. The van der Waals surface area contributed by atoms with Crippen molar-refractivity contribution in [3.63, 3.8) is 0 Å². The van der Waals surface area contributed by atoms with Crippen molar-refractivity contribution in [2.24, 2.45) is 0 Å². The second-order valence-electron chi connectivity index (χ2n) is 3.01. The van der Waals surface area contributed by atoms with Crippen LogP contribution in [0.2, 0.25) is 0 Å². The summed E-state index contributed by atoms with van der Waals surface area (Å²) in [5, 5.41) is 3.32. The van der Waals surface area contributed by atoms with Crippen molar-refractivity contribution < 1.29 is 8.85 Å². The largest absolute Gasteiger partial charge is 0.433 e. The van der Waals surface area contributed by atoms with E-state index in [0.717, 1.165) is 31.9 Å². The van der Waals surface area contributed by atoms with Crippen LogP contribution >= 0.6 is 0 Å². The summed E-state index contributed by atoms with van der Waals surface area (Å²) in [5.74, 6) is 0. The topological polar surface area (TPSA) is 30.5 Å². The van der Waals surface area contributed by atoms with Gasteiger partial charge in [-0.2, -0.15) is 0 Å². The van der Waals surface area contributed by atoms with Gasteiger partial charge in [-0.05, 0) is 25.5 Å². The fraction of sp³-hybridized carbons (Fsp3) is 0.455. The molecule has 2 radical (unpaired) electrons. The van der Waals surface area contributed by atoms with E-state index in [4.69, 9.17) is 8.85 Å². The van der Waals surface area contributed by atoms with Crippen LogP contribution in [0.15, 0.2) is 30.3 Å². The lowest BCUT2D eigenvalue weighted by atomic mass is 10.3. The minimum absolute atomic E-state index is 0.182. The van der Waals surface area contributed by atoms with Crippen molar-refractivity contribution in [2.75, 3.05) is 25.1 Å². The molecule has 1 rings (SSSR count). The second-order valence-corrected chi connectivity index (χ2v) is 3.76. The quantitative estimate of drug-likeness (QED) is 0.540. The molecule has 0 amide bonds. The van der Waals surface area contributed by atoms with E-state index in [1.54, 1.807) is 0 Å². The Bertz CT molecular complexity index is 244. The van der Waals surface area contributed by atoms with E-state index in [-0.39, 0.29) is 10.0 Å². The van der Waals surface area contributed by atoms with Gasteiger partial charge in [-0.15, -0.1) is 0 Å². The van der Waals surface area contributed by atoms with E-state index in [1.807, 2.05) is 25.1 Å². The number of para-hydroxylation sites is 1. The van der Waals surface area contributed by atoms with E-state index in [2.05, 4.69) is 17.4 Å². The first-order valence-electron chi connectivity index (χ1n) is 5.21. The van der Waals surface area contributed by atoms with E-state index in [1.165, 1.54) is 0 Å². The molecule has 0 spiro atoms. The Morgan fingerprint density at radius 1 is 1.20 bits per heavy atom. The molecule has 4 heteroatoms. The molecule has 0 aromatic heterocycles. The first-order valence-corrected chi connectivity index (χ1v) is 6.02. The van der Waals surface area contributed by atoms with Crippen LogP contribution in [0.5, 0.6) is 0 Å². The Labute approximate surface area is 93.9 Å². The summed E-state index contributed by atoms with van der Waals surface area (Å²) in [6.07, 6.45) is 0.995. The first-order chi connectivity index (χ1) is 7.43. The maximum absolute atomic E-state index is 5.28. The molecule has 1 aromatic rings. The van der Waals surface area contributed by atoms with Crippen molar-refractivity contribution in [1.82, 2.24) is 0 Å². The van der Waals surface area contributed by atoms with Crippen LogP contribution in [-0.4, -0.2) is 29.8 Å². The first kappa shape index (κ1) is 12.2. The summed E-state index contributed by atoms with van der Waals surface area (Å²) in [7, 11) is 0.182. The molecule has 3 nitrogen and oxygen atoms in total. The van der Waals surface area contributed by atoms with E-state index < -0.39 is 0 Å². The SMILES string of the molecule is CCO[Si]OCCCNc1ccccc1. The third kappa shape index (κ3) is 6.27. The monoisotopic (exact) mass is 223 g/mol. The number of benzene rings is 1. The summed E-state index contributed by atoms with van der Waals surface area (Å²) in [6.45, 7) is 4.37. The van der Waals surface area contributed by atoms with Crippen molar-refractivity contribution in [3.05, 3.63) is 30.3 Å². The zero-order chi connectivity index (χ0) is 10.8. The average Bonchev–Trinajstić information content (AvgIpc) is 2.29. The minimum Gasteiger partial charge on any atom is -0.393 e. The van der Waals surface area contributed by atoms with Gasteiger partial charge in [0.05, 0.1) is 0 Å². The number of anilines is 1. The molecule has 0 aliphatic carbocycles. The van der Waals surface area contributed by atoms with Crippen molar-refractivity contribution in [1.29, 1.82) is 0 Å². The fourth-order valence-corrected chi connectivity index (χ4v) is 1.50. The molecule has 0 saturated carbocycles. The Kier molecular flexibility index (Phi) is 6.90. The molecular formula is C11H17NO2Si. The third-order valence-corrected chi connectivity index (χ3v) is 2.52. The summed E-state index contributed by atoms with van der Waals surface area (Å²) in [6, 6.07) is 10.2. The number of rotatable bonds is 8. The highest BCUT2D eigenvalue weighted by Gasteiger charge is 1.92. The highest BCUT2D eigenvalue weighted by atomic mass is 28.3. The Hall–Kier alpha value is -0.843. The maximum Gasteiger partial charge on any atom is 0.433 e. The molecule has 0 unspecified atom stereocenters. The van der Waals surface area contributed by atoms with Crippen molar-refractivity contribution in [3.8, 4) is 0 Å². The van der Waals surface area contributed by atoms with Gasteiger partial charge in [0, 0.05) is 25.4 Å².